The predicted octanol–water partition coefficient (Wildman–Crippen LogP) is 0.762. The van der Waals surface area contributed by atoms with Crippen LogP contribution >= 0.6 is 23.1 Å². The van der Waals surface area contributed by atoms with E-state index in [0.717, 1.165) is 10.7 Å². The maximum absolute atomic E-state index is 11.4. The van der Waals surface area contributed by atoms with E-state index in [-0.39, 0.29) is 5.91 Å². The van der Waals surface area contributed by atoms with Gasteiger partial charge < -0.3 is 0 Å². The molecule has 0 aliphatic carbocycles. The number of carbonyl (C=O) groups is 1. The molecule has 0 saturated carbocycles. The number of hydrogen-bond donors (Lipinski definition) is 3. The van der Waals surface area contributed by atoms with Crippen molar-refractivity contribution in [2.24, 2.45) is 5.84 Å². The number of nitrogens with two attached hydrogens (primary N) is 1. The minimum Gasteiger partial charge on any atom is -0.289 e. The SMILES string of the molecule is NNC(=O)c1sccc1CSc1ncn[nH]1. The fourth-order valence-corrected chi connectivity index (χ4v) is 2.81. The van der Waals surface area contributed by atoms with Crippen molar-refractivity contribution < 1.29 is 4.79 Å². The van der Waals surface area contributed by atoms with E-state index in [2.05, 4.69) is 20.6 Å². The molecule has 0 aliphatic rings. The first kappa shape index (κ1) is 11.1. The second-order valence-corrected chi connectivity index (χ2v) is 4.71. The fraction of sp³-hybridized carbons (Fsp3) is 0.125. The van der Waals surface area contributed by atoms with E-state index in [9.17, 15) is 4.79 Å². The second kappa shape index (κ2) is 5.10. The number of hydrogen-bond acceptors (Lipinski definition) is 6. The second-order valence-electron chi connectivity index (χ2n) is 2.83. The Bertz CT molecular complexity index is 466. The zero-order valence-electron chi connectivity index (χ0n) is 8.14. The van der Waals surface area contributed by atoms with Crippen molar-refractivity contribution in [2.45, 2.75) is 10.9 Å². The molecule has 2 aromatic rings. The van der Waals surface area contributed by atoms with Crippen molar-refractivity contribution in [3.8, 4) is 0 Å². The number of H-pyrrole nitrogens is 1. The molecule has 2 heterocycles. The first-order valence-electron chi connectivity index (χ1n) is 4.36. The first-order valence-corrected chi connectivity index (χ1v) is 6.23. The molecular weight excluding hydrogens is 246 g/mol. The van der Waals surface area contributed by atoms with Gasteiger partial charge in [0.2, 0.25) is 0 Å². The van der Waals surface area contributed by atoms with E-state index >= 15 is 0 Å². The van der Waals surface area contributed by atoms with Crippen LogP contribution in [0.25, 0.3) is 0 Å². The van der Waals surface area contributed by atoms with Crippen molar-refractivity contribution in [3.63, 3.8) is 0 Å². The van der Waals surface area contributed by atoms with Gasteiger partial charge in [-0.15, -0.1) is 11.3 Å². The number of aromatic nitrogens is 3. The number of hydrazine groups is 1. The predicted molar refractivity (Wildman–Crippen MR) is 61.9 cm³/mol. The summed E-state index contributed by atoms with van der Waals surface area (Å²) in [7, 11) is 0. The maximum Gasteiger partial charge on any atom is 0.275 e. The highest BCUT2D eigenvalue weighted by Crippen LogP contribution is 2.24. The molecule has 0 unspecified atom stereocenters. The molecule has 0 bridgehead atoms. The van der Waals surface area contributed by atoms with Crippen LogP contribution in [0.5, 0.6) is 0 Å². The van der Waals surface area contributed by atoms with Crippen molar-refractivity contribution >= 4 is 29.0 Å². The van der Waals surface area contributed by atoms with Crippen LogP contribution < -0.4 is 11.3 Å². The molecule has 0 spiro atoms. The molecule has 0 aliphatic heterocycles. The Kier molecular flexibility index (Phi) is 3.54. The number of carbonyl (C=O) groups excluding carboxylic acids is 1. The zero-order chi connectivity index (χ0) is 11.4. The summed E-state index contributed by atoms with van der Waals surface area (Å²) in [6, 6.07) is 1.90. The topological polar surface area (TPSA) is 96.7 Å². The van der Waals surface area contributed by atoms with Crippen LogP contribution in [-0.2, 0) is 5.75 Å². The van der Waals surface area contributed by atoms with Crippen molar-refractivity contribution in [3.05, 3.63) is 28.2 Å². The van der Waals surface area contributed by atoms with Crippen LogP contribution in [-0.4, -0.2) is 21.1 Å². The van der Waals surface area contributed by atoms with Crippen LogP contribution in [0, 0.1) is 0 Å². The van der Waals surface area contributed by atoms with E-state index in [0.29, 0.717) is 10.6 Å². The number of rotatable bonds is 4. The lowest BCUT2D eigenvalue weighted by molar-refractivity contribution is 0.0957. The Hall–Kier alpha value is -1.38. The Labute approximate surface area is 99.6 Å². The van der Waals surface area contributed by atoms with Crippen molar-refractivity contribution in [2.75, 3.05) is 0 Å². The summed E-state index contributed by atoms with van der Waals surface area (Å²) in [5.74, 6) is 5.49. The first-order chi connectivity index (χ1) is 7.81. The number of aromatic amines is 1. The molecule has 0 saturated heterocycles. The van der Waals surface area contributed by atoms with Gasteiger partial charge in [0.05, 0.1) is 4.88 Å². The molecule has 2 rings (SSSR count). The van der Waals surface area contributed by atoms with E-state index in [1.54, 1.807) is 0 Å². The van der Waals surface area contributed by atoms with Crippen LogP contribution in [0.3, 0.4) is 0 Å². The van der Waals surface area contributed by atoms with Gasteiger partial charge in [0, 0.05) is 5.75 Å². The highest BCUT2D eigenvalue weighted by molar-refractivity contribution is 7.98. The number of amides is 1. The quantitative estimate of drug-likeness (QED) is 0.324. The third-order valence-electron chi connectivity index (χ3n) is 1.84. The van der Waals surface area contributed by atoms with Gasteiger partial charge in [-0.2, -0.15) is 5.10 Å². The Morgan fingerprint density at radius 1 is 1.69 bits per heavy atom. The molecule has 8 heteroatoms. The van der Waals surface area contributed by atoms with Gasteiger partial charge in [-0.25, -0.2) is 10.8 Å². The minimum absolute atomic E-state index is 0.261. The third-order valence-corrected chi connectivity index (χ3v) is 3.72. The van der Waals surface area contributed by atoms with Crippen LogP contribution in [0.2, 0.25) is 0 Å². The molecule has 0 atom stereocenters. The van der Waals surface area contributed by atoms with Crippen molar-refractivity contribution in [1.29, 1.82) is 0 Å². The molecule has 4 N–H and O–H groups in total. The normalized spacial score (nSPS) is 10.3. The summed E-state index contributed by atoms with van der Waals surface area (Å²) in [5.41, 5.74) is 3.07. The number of nitrogens with zero attached hydrogens (tertiary/aromatic N) is 2. The Morgan fingerprint density at radius 3 is 3.25 bits per heavy atom. The van der Waals surface area contributed by atoms with Gasteiger partial charge in [0.15, 0.2) is 5.16 Å². The van der Waals surface area contributed by atoms with E-state index in [1.807, 2.05) is 11.4 Å². The van der Waals surface area contributed by atoms with E-state index < -0.39 is 0 Å². The summed E-state index contributed by atoms with van der Waals surface area (Å²) in [4.78, 5) is 16.0. The largest absolute Gasteiger partial charge is 0.289 e. The fourth-order valence-electron chi connectivity index (χ4n) is 1.12. The smallest absolute Gasteiger partial charge is 0.275 e. The van der Waals surface area contributed by atoms with Gasteiger partial charge in [-0.3, -0.25) is 15.3 Å². The van der Waals surface area contributed by atoms with Gasteiger partial charge in [0.25, 0.3) is 5.91 Å². The summed E-state index contributed by atoms with van der Waals surface area (Å²) in [6.45, 7) is 0. The average Bonchev–Trinajstić information content (AvgIpc) is 2.96. The molecule has 0 aromatic carbocycles. The molecule has 16 heavy (non-hydrogen) atoms. The average molecular weight is 255 g/mol. The van der Waals surface area contributed by atoms with Crippen molar-refractivity contribution in [1.82, 2.24) is 20.6 Å². The lowest BCUT2D eigenvalue weighted by Crippen LogP contribution is -2.29. The van der Waals surface area contributed by atoms with Crippen LogP contribution in [0.15, 0.2) is 22.9 Å². The van der Waals surface area contributed by atoms with Gasteiger partial charge >= 0.3 is 0 Å². The number of thioether (sulfide) groups is 1. The van der Waals surface area contributed by atoms with Crippen LogP contribution in [0.4, 0.5) is 0 Å². The molecule has 0 radical (unpaired) electrons. The van der Waals surface area contributed by atoms with Gasteiger partial charge in [-0.05, 0) is 17.0 Å². The molecule has 84 valence electrons. The number of nitrogen functional groups attached to an aromatic ring is 1. The standard InChI is InChI=1S/C8H9N5OS2/c9-12-7(14)6-5(1-2-15-6)3-16-8-10-4-11-13-8/h1-2,4H,3,9H2,(H,12,14)(H,10,11,13). The summed E-state index contributed by atoms with van der Waals surface area (Å²) in [6.07, 6.45) is 1.45. The monoisotopic (exact) mass is 255 g/mol. The lowest BCUT2D eigenvalue weighted by atomic mass is 10.3. The summed E-state index contributed by atoms with van der Waals surface area (Å²) < 4.78 is 0. The summed E-state index contributed by atoms with van der Waals surface area (Å²) in [5, 5.41) is 9.07. The third kappa shape index (κ3) is 2.40. The zero-order valence-corrected chi connectivity index (χ0v) is 9.77. The molecule has 2 aromatic heterocycles. The number of nitrogens with one attached hydrogen (secondary N) is 2. The molecule has 0 fully saturated rings. The minimum atomic E-state index is -0.261. The Balaban J connectivity index is 2.04. The maximum atomic E-state index is 11.4. The highest BCUT2D eigenvalue weighted by atomic mass is 32.2. The Morgan fingerprint density at radius 2 is 2.56 bits per heavy atom. The highest BCUT2D eigenvalue weighted by Gasteiger charge is 2.12. The summed E-state index contributed by atoms with van der Waals surface area (Å²) >= 11 is 2.85. The van der Waals surface area contributed by atoms with Crippen LogP contribution in [0.1, 0.15) is 15.2 Å². The lowest BCUT2D eigenvalue weighted by Gasteiger charge is -2.00. The van der Waals surface area contributed by atoms with Gasteiger partial charge in [0.1, 0.15) is 6.33 Å². The molecular formula is C8H9N5OS2. The van der Waals surface area contributed by atoms with E-state index in [1.165, 1.54) is 29.4 Å². The molecule has 1 amide bonds. The van der Waals surface area contributed by atoms with E-state index in [4.69, 9.17) is 5.84 Å². The van der Waals surface area contributed by atoms with Gasteiger partial charge in [-0.1, -0.05) is 11.8 Å². The number of thiophene rings is 1. The molecule has 6 nitrogen and oxygen atoms in total.